The number of nitrogens with one attached hydrogen (secondary N) is 2. The summed E-state index contributed by atoms with van der Waals surface area (Å²) in [7, 11) is 0. The number of hydrogen-bond donors (Lipinski definition) is 3. The summed E-state index contributed by atoms with van der Waals surface area (Å²) in [6.45, 7) is 3.92. The maximum Gasteiger partial charge on any atom is 0.224 e. The number of hydrogen-bond acceptors (Lipinski definition) is 7. The minimum atomic E-state index is -0.907. The van der Waals surface area contributed by atoms with E-state index in [2.05, 4.69) is 25.6 Å². The second-order valence-corrected chi connectivity index (χ2v) is 8.47. The van der Waals surface area contributed by atoms with Crippen LogP contribution in [0.5, 0.6) is 0 Å². The fourth-order valence-electron chi connectivity index (χ4n) is 4.14. The second kappa shape index (κ2) is 8.97. The molecule has 0 radical (unpaired) electrons. The molecule has 1 aliphatic carbocycles. The smallest absolute Gasteiger partial charge is 0.224 e. The Kier molecular flexibility index (Phi) is 6.09. The lowest BCUT2D eigenvalue weighted by Crippen LogP contribution is -2.29. The van der Waals surface area contributed by atoms with E-state index in [1.165, 1.54) is 0 Å². The molecule has 0 saturated heterocycles. The molecule has 0 atom stereocenters. The topological polar surface area (TPSA) is 135 Å². The van der Waals surface area contributed by atoms with E-state index in [1.807, 2.05) is 13.8 Å². The predicted molar refractivity (Wildman–Crippen MR) is 119 cm³/mol. The Balaban J connectivity index is 1.78. The van der Waals surface area contributed by atoms with Crippen LogP contribution >= 0.6 is 0 Å². The third-order valence-corrected chi connectivity index (χ3v) is 5.72. The lowest BCUT2D eigenvalue weighted by Gasteiger charge is -2.29. The Hall–Kier alpha value is -3.81. The number of nitriles is 1. The summed E-state index contributed by atoms with van der Waals surface area (Å²) in [6, 6.07) is 3.64. The third-order valence-electron chi connectivity index (χ3n) is 5.72. The zero-order valence-electron chi connectivity index (χ0n) is 18.3. The molecule has 1 aromatic carbocycles. The van der Waals surface area contributed by atoms with Crippen LogP contribution in [0, 0.1) is 28.9 Å². The molecule has 11 heteroatoms. The van der Waals surface area contributed by atoms with Gasteiger partial charge in [0, 0.05) is 18.0 Å². The van der Waals surface area contributed by atoms with Crippen molar-refractivity contribution in [1.82, 2.24) is 19.5 Å². The molecule has 3 aromatic rings. The van der Waals surface area contributed by atoms with Crippen molar-refractivity contribution < 1.29 is 13.6 Å². The van der Waals surface area contributed by atoms with Gasteiger partial charge in [-0.05, 0) is 51.7 Å². The van der Waals surface area contributed by atoms with Gasteiger partial charge in [-0.25, -0.2) is 18.7 Å². The molecule has 33 heavy (non-hydrogen) atoms. The first-order valence-corrected chi connectivity index (χ1v) is 10.7. The van der Waals surface area contributed by atoms with Crippen LogP contribution in [0.1, 0.15) is 51.1 Å². The standard InChI is InChI=1S/C22H24F2N8O/c1-11(2)28-21-27-10-17-20(31-21)32(14-5-3-13(4-6-14)19(26)33)22(29-17)30-18-15(23)7-12(9-25)8-16(18)24/h7-8,10-11,13-14H,3-6H2,1-2H3,(H2,26,33)(H,29,30)(H,27,28,31)/t13-,14+. The molecule has 0 aliphatic heterocycles. The largest absolute Gasteiger partial charge is 0.369 e. The Morgan fingerprint density at radius 2 is 1.88 bits per heavy atom. The highest BCUT2D eigenvalue weighted by Crippen LogP contribution is 2.37. The second-order valence-electron chi connectivity index (χ2n) is 8.47. The van der Waals surface area contributed by atoms with Gasteiger partial charge in [-0.15, -0.1) is 0 Å². The first-order chi connectivity index (χ1) is 15.8. The van der Waals surface area contributed by atoms with Crippen LogP contribution in [0.4, 0.5) is 26.4 Å². The van der Waals surface area contributed by atoms with Crippen LogP contribution in [-0.4, -0.2) is 31.5 Å². The van der Waals surface area contributed by atoms with Crippen LogP contribution in [0.15, 0.2) is 18.3 Å². The number of anilines is 3. The summed E-state index contributed by atoms with van der Waals surface area (Å²) in [4.78, 5) is 25.0. The molecule has 9 nitrogen and oxygen atoms in total. The summed E-state index contributed by atoms with van der Waals surface area (Å²) in [5.74, 6) is -1.73. The Morgan fingerprint density at radius 3 is 2.45 bits per heavy atom. The van der Waals surface area contributed by atoms with Crippen LogP contribution in [0.2, 0.25) is 0 Å². The highest BCUT2D eigenvalue weighted by molar-refractivity contribution is 5.78. The normalized spacial score (nSPS) is 18.3. The Bertz CT molecular complexity index is 1220. The van der Waals surface area contributed by atoms with E-state index in [1.54, 1.807) is 16.8 Å². The Labute approximate surface area is 189 Å². The highest BCUT2D eigenvalue weighted by atomic mass is 19.1. The zero-order valence-corrected chi connectivity index (χ0v) is 18.3. The molecule has 4 rings (SSSR count). The number of imidazole rings is 1. The van der Waals surface area contributed by atoms with Gasteiger partial charge in [-0.3, -0.25) is 9.36 Å². The van der Waals surface area contributed by atoms with E-state index in [4.69, 9.17) is 11.0 Å². The Morgan fingerprint density at radius 1 is 1.21 bits per heavy atom. The molecule has 2 heterocycles. The van der Waals surface area contributed by atoms with Gasteiger partial charge in [0.2, 0.25) is 17.8 Å². The van der Waals surface area contributed by atoms with Gasteiger partial charge in [0.15, 0.2) is 17.3 Å². The number of nitrogens with two attached hydrogens (primary N) is 1. The molecule has 0 unspecified atom stereocenters. The SMILES string of the molecule is CC(C)Nc1ncc2nc(Nc3c(F)cc(C#N)cc3F)n([C@H]3CC[C@@H](C(N)=O)CC3)c2n1. The van der Waals surface area contributed by atoms with Crippen LogP contribution in [-0.2, 0) is 4.79 Å². The number of nitrogens with zero attached hydrogens (tertiary/aromatic N) is 5. The average molecular weight is 454 g/mol. The van der Waals surface area contributed by atoms with E-state index in [0.29, 0.717) is 42.8 Å². The summed E-state index contributed by atoms with van der Waals surface area (Å²) in [5.41, 5.74) is 5.90. The van der Waals surface area contributed by atoms with E-state index < -0.39 is 17.3 Å². The van der Waals surface area contributed by atoms with Crippen molar-refractivity contribution in [3.05, 3.63) is 35.5 Å². The number of aromatic nitrogens is 4. The number of amides is 1. The molecular formula is C22H24F2N8O. The van der Waals surface area contributed by atoms with Gasteiger partial charge in [0.1, 0.15) is 11.2 Å². The monoisotopic (exact) mass is 454 g/mol. The number of halogens is 2. The molecule has 172 valence electrons. The van der Waals surface area contributed by atoms with Crippen molar-refractivity contribution in [2.45, 2.75) is 51.6 Å². The number of primary amides is 1. The van der Waals surface area contributed by atoms with Gasteiger partial charge in [0.25, 0.3) is 0 Å². The maximum atomic E-state index is 14.6. The van der Waals surface area contributed by atoms with E-state index in [9.17, 15) is 13.6 Å². The molecule has 1 saturated carbocycles. The maximum absolute atomic E-state index is 14.6. The van der Waals surface area contributed by atoms with Crippen molar-refractivity contribution in [3.63, 3.8) is 0 Å². The number of carbonyl (C=O) groups excluding carboxylic acids is 1. The lowest BCUT2D eigenvalue weighted by atomic mass is 9.85. The summed E-state index contributed by atoms with van der Waals surface area (Å²) in [5, 5.41) is 14.8. The number of benzene rings is 1. The minimum absolute atomic E-state index is 0.101. The lowest BCUT2D eigenvalue weighted by molar-refractivity contribution is -0.122. The molecule has 1 fully saturated rings. The quantitative estimate of drug-likeness (QED) is 0.516. The fraction of sp³-hybridized carbons (Fsp3) is 0.409. The average Bonchev–Trinajstić information content (AvgIpc) is 3.13. The van der Waals surface area contributed by atoms with Crippen molar-refractivity contribution in [2.24, 2.45) is 11.7 Å². The van der Waals surface area contributed by atoms with Gasteiger partial charge in [-0.2, -0.15) is 10.2 Å². The predicted octanol–water partition coefficient (Wildman–Crippen LogP) is 3.76. The van der Waals surface area contributed by atoms with Crippen LogP contribution in [0.3, 0.4) is 0 Å². The van der Waals surface area contributed by atoms with Crippen LogP contribution in [0.25, 0.3) is 11.2 Å². The number of rotatable bonds is 6. The third kappa shape index (κ3) is 4.55. The van der Waals surface area contributed by atoms with Crippen LogP contribution < -0.4 is 16.4 Å². The summed E-state index contributed by atoms with van der Waals surface area (Å²) >= 11 is 0. The molecule has 0 bridgehead atoms. The minimum Gasteiger partial charge on any atom is -0.369 e. The van der Waals surface area contributed by atoms with E-state index in [0.717, 1.165) is 12.1 Å². The number of fused-ring (bicyclic) bond motifs is 1. The van der Waals surface area contributed by atoms with Crippen molar-refractivity contribution >= 4 is 34.7 Å². The van der Waals surface area contributed by atoms with Crippen molar-refractivity contribution in [1.29, 1.82) is 5.26 Å². The first-order valence-electron chi connectivity index (χ1n) is 10.7. The molecule has 1 aliphatic rings. The molecule has 0 spiro atoms. The molecular weight excluding hydrogens is 430 g/mol. The highest BCUT2D eigenvalue weighted by Gasteiger charge is 2.29. The summed E-state index contributed by atoms with van der Waals surface area (Å²) < 4.78 is 31.0. The first kappa shape index (κ1) is 22.4. The van der Waals surface area contributed by atoms with Gasteiger partial charge < -0.3 is 16.4 Å². The van der Waals surface area contributed by atoms with E-state index >= 15 is 0 Å². The van der Waals surface area contributed by atoms with Gasteiger partial charge >= 0.3 is 0 Å². The number of carbonyl (C=O) groups is 1. The molecule has 4 N–H and O–H groups in total. The zero-order chi connectivity index (χ0) is 23.7. The van der Waals surface area contributed by atoms with Crippen molar-refractivity contribution in [2.75, 3.05) is 10.6 Å². The van der Waals surface area contributed by atoms with Gasteiger partial charge in [-0.1, -0.05) is 0 Å². The fourth-order valence-corrected chi connectivity index (χ4v) is 4.14. The summed E-state index contributed by atoms with van der Waals surface area (Å²) in [6.07, 6.45) is 4.00. The molecule has 2 aromatic heterocycles. The van der Waals surface area contributed by atoms with Gasteiger partial charge in [0.05, 0.1) is 17.8 Å². The van der Waals surface area contributed by atoms with E-state index in [-0.39, 0.29) is 35.4 Å². The van der Waals surface area contributed by atoms with Crippen molar-refractivity contribution in [3.8, 4) is 6.07 Å². The molecule has 1 amide bonds.